The Morgan fingerprint density at radius 2 is 2.42 bits per heavy atom. The molecule has 0 radical (unpaired) electrons. The molecule has 0 spiro atoms. The molecule has 0 fully saturated rings. The minimum absolute atomic E-state index is 0.967. The van der Waals surface area contributed by atoms with Gasteiger partial charge in [-0.2, -0.15) is 0 Å². The lowest BCUT2D eigenvalue weighted by Crippen LogP contribution is -1.95. The topological polar surface area (TPSA) is 34.5 Å². The van der Waals surface area contributed by atoms with Gasteiger partial charge in [-0.25, -0.2) is 0 Å². The maximum Gasteiger partial charge on any atom is 0.106 e. The SMILES string of the molecule is CON=C1CCc2ccncc21. The van der Waals surface area contributed by atoms with E-state index in [2.05, 4.69) is 10.1 Å². The van der Waals surface area contributed by atoms with Crippen molar-refractivity contribution in [1.82, 2.24) is 4.98 Å². The molecule has 0 N–H and O–H groups in total. The molecule has 0 aliphatic heterocycles. The number of oxime groups is 1. The van der Waals surface area contributed by atoms with Crippen LogP contribution in [0.2, 0.25) is 0 Å². The monoisotopic (exact) mass is 162 g/mol. The molecule has 1 aromatic rings. The van der Waals surface area contributed by atoms with Gasteiger partial charge in [0.15, 0.2) is 0 Å². The summed E-state index contributed by atoms with van der Waals surface area (Å²) in [5, 5.41) is 3.94. The molecule has 0 atom stereocenters. The lowest BCUT2D eigenvalue weighted by molar-refractivity contribution is 0.213. The second kappa shape index (κ2) is 2.93. The maximum absolute atomic E-state index is 4.74. The van der Waals surface area contributed by atoms with Gasteiger partial charge in [0.05, 0.1) is 5.71 Å². The molecule has 12 heavy (non-hydrogen) atoms. The van der Waals surface area contributed by atoms with E-state index in [1.54, 1.807) is 7.11 Å². The minimum atomic E-state index is 0.967. The third-order valence-corrected chi connectivity index (χ3v) is 2.05. The van der Waals surface area contributed by atoms with Gasteiger partial charge in [0.2, 0.25) is 0 Å². The summed E-state index contributed by atoms with van der Waals surface area (Å²) in [7, 11) is 1.57. The first-order valence-corrected chi connectivity index (χ1v) is 3.95. The molecule has 0 aromatic carbocycles. The van der Waals surface area contributed by atoms with Crippen molar-refractivity contribution in [2.75, 3.05) is 7.11 Å². The summed E-state index contributed by atoms with van der Waals surface area (Å²) in [6.45, 7) is 0. The van der Waals surface area contributed by atoms with Gasteiger partial charge in [0, 0.05) is 18.0 Å². The Labute approximate surface area is 71.1 Å². The molecule has 0 amide bonds. The molecule has 1 aliphatic carbocycles. The number of fused-ring (bicyclic) bond motifs is 1. The largest absolute Gasteiger partial charge is 0.399 e. The van der Waals surface area contributed by atoms with E-state index in [-0.39, 0.29) is 0 Å². The highest BCUT2D eigenvalue weighted by Crippen LogP contribution is 2.20. The normalized spacial score (nSPS) is 17.9. The molecule has 0 unspecified atom stereocenters. The number of aromatic nitrogens is 1. The van der Waals surface area contributed by atoms with Crippen LogP contribution in [0.5, 0.6) is 0 Å². The smallest absolute Gasteiger partial charge is 0.106 e. The molecule has 3 heteroatoms. The summed E-state index contributed by atoms with van der Waals surface area (Å²) in [6.07, 6.45) is 5.68. The van der Waals surface area contributed by atoms with Crippen LogP contribution in [0.1, 0.15) is 17.5 Å². The van der Waals surface area contributed by atoms with Crippen LogP contribution in [0.4, 0.5) is 0 Å². The Morgan fingerprint density at radius 3 is 3.25 bits per heavy atom. The van der Waals surface area contributed by atoms with Gasteiger partial charge in [-0.05, 0) is 24.5 Å². The predicted molar refractivity (Wildman–Crippen MR) is 46.1 cm³/mol. The van der Waals surface area contributed by atoms with Crippen molar-refractivity contribution in [2.24, 2.45) is 5.16 Å². The van der Waals surface area contributed by atoms with E-state index in [1.807, 2.05) is 18.5 Å². The highest BCUT2D eigenvalue weighted by molar-refractivity contribution is 6.03. The molecule has 1 heterocycles. The predicted octanol–water partition coefficient (Wildman–Crippen LogP) is 1.38. The van der Waals surface area contributed by atoms with Crippen molar-refractivity contribution in [3.8, 4) is 0 Å². The van der Waals surface area contributed by atoms with Crippen molar-refractivity contribution in [2.45, 2.75) is 12.8 Å². The van der Waals surface area contributed by atoms with Crippen molar-refractivity contribution >= 4 is 5.71 Å². The molecule has 1 aromatic heterocycles. The average Bonchev–Trinajstić information content (AvgIpc) is 2.50. The first kappa shape index (κ1) is 7.28. The highest BCUT2D eigenvalue weighted by Gasteiger charge is 2.17. The molecule has 0 bridgehead atoms. The molecule has 0 saturated heterocycles. The third-order valence-electron chi connectivity index (χ3n) is 2.05. The summed E-state index contributed by atoms with van der Waals surface area (Å²) in [6, 6.07) is 2.04. The van der Waals surface area contributed by atoms with Crippen molar-refractivity contribution in [1.29, 1.82) is 0 Å². The summed E-state index contributed by atoms with van der Waals surface area (Å²) < 4.78 is 0. The first-order chi connectivity index (χ1) is 5.92. The summed E-state index contributed by atoms with van der Waals surface area (Å²) in [4.78, 5) is 8.80. The zero-order valence-electron chi connectivity index (χ0n) is 6.95. The van der Waals surface area contributed by atoms with E-state index in [0.29, 0.717) is 0 Å². The van der Waals surface area contributed by atoms with E-state index >= 15 is 0 Å². The van der Waals surface area contributed by atoms with Crippen molar-refractivity contribution < 1.29 is 4.84 Å². The Balaban J connectivity index is 2.43. The van der Waals surface area contributed by atoms with Gasteiger partial charge in [0.25, 0.3) is 0 Å². The zero-order valence-corrected chi connectivity index (χ0v) is 6.95. The van der Waals surface area contributed by atoms with Crippen LogP contribution in [0.15, 0.2) is 23.6 Å². The van der Waals surface area contributed by atoms with Gasteiger partial charge < -0.3 is 4.84 Å². The maximum atomic E-state index is 4.74. The summed E-state index contributed by atoms with van der Waals surface area (Å²) >= 11 is 0. The first-order valence-electron chi connectivity index (χ1n) is 3.95. The number of pyridine rings is 1. The average molecular weight is 162 g/mol. The van der Waals surface area contributed by atoms with E-state index in [4.69, 9.17) is 4.84 Å². The standard InChI is InChI=1S/C9H10N2O/c1-12-11-9-3-2-7-4-5-10-6-8(7)9/h4-6H,2-3H2,1H3. The van der Waals surface area contributed by atoms with E-state index < -0.39 is 0 Å². The molecule has 62 valence electrons. The van der Waals surface area contributed by atoms with Crippen LogP contribution in [-0.2, 0) is 11.3 Å². The summed E-state index contributed by atoms with van der Waals surface area (Å²) in [5.41, 5.74) is 3.47. The van der Waals surface area contributed by atoms with Crippen LogP contribution in [0, 0.1) is 0 Å². The minimum Gasteiger partial charge on any atom is -0.399 e. The highest BCUT2D eigenvalue weighted by atomic mass is 16.6. The number of aryl methyl sites for hydroxylation is 1. The number of hydrogen-bond donors (Lipinski definition) is 0. The fourth-order valence-electron chi connectivity index (χ4n) is 1.49. The third kappa shape index (κ3) is 1.07. The Kier molecular flexibility index (Phi) is 1.78. The summed E-state index contributed by atoms with van der Waals surface area (Å²) in [5.74, 6) is 0. The fourth-order valence-corrected chi connectivity index (χ4v) is 1.49. The molecular formula is C9H10N2O. The Morgan fingerprint density at radius 1 is 1.50 bits per heavy atom. The molecule has 3 nitrogen and oxygen atoms in total. The van der Waals surface area contributed by atoms with Gasteiger partial charge in [-0.15, -0.1) is 0 Å². The molecular weight excluding hydrogens is 152 g/mol. The van der Waals surface area contributed by atoms with Crippen molar-refractivity contribution in [3.05, 3.63) is 29.6 Å². The Hall–Kier alpha value is -1.38. The van der Waals surface area contributed by atoms with Gasteiger partial charge >= 0.3 is 0 Å². The van der Waals surface area contributed by atoms with Crippen LogP contribution >= 0.6 is 0 Å². The fraction of sp³-hybridized carbons (Fsp3) is 0.333. The molecule has 1 aliphatic rings. The van der Waals surface area contributed by atoms with Gasteiger partial charge in [0.1, 0.15) is 7.11 Å². The van der Waals surface area contributed by atoms with Crippen LogP contribution in [-0.4, -0.2) is 17.8 Å². The lowest BCUT2D eigenvalue weighted by atomic mass is 10.2. The van der Waals surface area contributed by atoms with E-state index in [0.717, 1.165) is 24.1 Å². The van der Waals surface area contributed by atoms with Gasteiger partial charge in [-0.1, -0.05) is 5.16 Å². The van der Waals surface area contributed by atoms with Crippen LogP contribution in [0.3, 0.4) is 0 Å². The Bertz CT molecular complexity index is 320. The lowest BCUT2D eigenvalue weighted by Gasteiger charge is -1.96. The van der Waals surface area contributed by atoms with Crippen LogP contribution in [0.25, 0.3) is 0 Å². The second-order valence-corrected chi connectivity index (χ2v) is 2.75. The number of hydrogen-bond acceptors (Lipinski definition) is 3. The quantitative estimate of drug-likeness (QED) is 0.584. The van der Waals surface area contributed by atoms with E-state index in [1.165, 1.54) is 5.56 Å². The van der Waals surface area contributed by atoms with E-state index in [9.17, 15) is 0 Å². The van der Waals surface area contributed by atoms with Crippen LogP contribution < -0.4 is 0 Å². The van der Waals surface area contributed by atoms with Crippen molar-refractivity contribution in [3.63, 3.8) is 0 Å². The number of nitrogens with zero attached hydrogens (tertiary/aromatic N) is 2. The molecule has 2 rings (SSSR count). The molecule has 0 saturated carbocycles. The second-order valence-electron chi connectivity index (χ2n) is 2.75. The zero-order chi connectivity index (χ0) is 8.39. The number of rotatable bonds is 1. The van der Waals surface area contributed by atoms with Gasteiger partial charge in [-0.3, -0.25) is 4.98 Å².